The van der Waals surface area contributed by atoms with Gasteiger partial charge in [-0.15, -0.1) is 0 Å². The molecule has 0 saturated heterocycles. The van der Waals surface area contributed by atoms with Crippen molar-refractivity contribution in [1.29, 1.82) is 0 Å². The largest absolute Gasteiger partial charge is 0.388 e. The van der Waals surface area contributed by atoms with E-state index in [0.717, 1.165) is 23.2 Å². The van der Waals surface area contributed by atoms with Crippen LogP contribution >= 0.6 is 15.9 Å². The van der Waals surface area contributed by atoms with Crippen molar-refractivity contribution in [2.24, 2.45) is 0 Å². The molecule has 0 atom stereocenters. The van der Waals surface area contributed by atoms with E-state index in [1.807, 2.05) is 7.05 Å². The lowest BCUT2D eigenvalue weighted by Gasteiger charge is -2.17. The molecule has 0 aliphatic carbocycles. The normalized spacial score (nSPS) is 10.7. The van der Waals surface area contributed by atoms with Crippen LogP contribution in [0.2, 0.25) is 0 Å². The molecular weight excluding hydrogens is 300 g/mol. The highest BCUT2D eigenvalue weighted by Crippen LogP contribution is 2.15. The third-order valence-electron chi connectivity index (χ3n) is 3.03. The lowest BCUT2D eigenvalue weighted by molar-refractivity contribution is 0.319. The van der Waals surface area contributed by atoms with Crippen molar-refractivity contribution < 1.29 is 0 Å². The third-order valence-corrected chi connectivity index (χ3v) is 3.56. The molecule has 2 aromatic carbocycles. The van der Waals surface area contributed by atoms with E-state index in [-0.39, 0.29) is 0 Å². The SMILES string of the molecule is CNc1cccc(CN(C)Cc2ccc(Br)cc2)c1. The quantitative estimate of drug-likeness (QED) is 0.892. The molecule has 3 heteroatoms. The van der Waals surface area contributed by atoms with Crippen molar-refractivity contribution in [1.82, 2.24) is 4.90 Å². The molecule has 0 saturated carbocycles. The van der Waals surface area contributed by atoms with E-state index in [9.17, 15) is 0 Å². The Hall–Kier alpha value is -1.32. The number of hydrogen-bond acceptors (Lipinski definition) is 2. The summed E-state index contributed by atoms with van der Waals surface area (Å²) in [6, 6.07) is 17.0. The summed E-state index contributed by atoms with van der Waals surface area (Å²) >= 11 is 3.46. The molecule has 0 amide bonds. The van der Waals surface area contributed by atoms with Crippen LogP contribution < -0.4 is 5.32 Å². The second-order valence-electron chi connectivity index (χ2n) is 4.75. The Balaban J connectivity index is 1.96. The van der Waals surface area contributed by atoms with E-state index in [0.29, 0.717) is 0 Å². The van der Waals surface area contributed by atoms with Gasteiger partial charge in [0.2, 0.25) is 0 Å². The molecule has 0 spiro atoms. The van der Waals surface area contributed by atoms with Crippen LogP contribution in [0.1, 0.15) is 11.1 Å². The summed E-state index contributed by atoms with van der Waals surface area (Å²) < 4.78 is 1.13. The van der Waals surface area contributed by atoms with Gasteiger partial charge in [0, 0.05) is 30.3 Å². The summed E-state index contributed by atoms with van der Waals surface area (Å²) in [5.41, 5.74) is 3.82. The lowest BCUT2D eigenvalue weighted by Crippen LogP contribution is -2.17. The van der Waals surface area contributed by atoms with E-state index >= 15 is 0 Å². The van der Waals surface area contributed by atoms with Gasteiger partial charge in [-0.2, -0.15) is 0 Å². The van der Waals surface area contributed by atoms with E-state index in [2.05, 4.69) is 81.7 Å². The number of nitrogens with one attached hydrogen (secondary N) is 1. The first-order chi connectivity index (χ1) is 9.17. The van der Waals surface area contributed by atoms with Crippen molar-refractivity contribution in [3.05, 3.63) is 64.1 Å². The van der Waals surface area contributed by atoms with Crippen LogP contribution in [-0.4, -0.2) is 19.0 Å². The molecule has 0 radical (unpaired) electrons. The molecule has 2 nitrogen and oxygen atoms in total. The number of halogens is 1. The highest BCUT2D eigenvalue weighted by molar-refractivity contribution is 9.10. The van der Waals surface area contributed by atoms with Crippen LogP contribution in [0.15, 0.2) is 53.0 Å². The van der Waals surface area contributed by atoms with E-state index in [4.69, 9.17) is 0 Å². The highest BCUT2D eigenvalue weighted by Gasteiger charge is 2.02. The number of benzene rings is 2. The zero-order chi connectivity index (χ0) is 13.7. The molecule has 0 fully saturated rings. The first-order valence-electron chi connectivity index (χ1n) is 6.37. The number of hydrogen-bond donors (Lipinski definition) is 1. The van der Waals surface area contributed by atoms with Gasteiger partial charge in [-0.05, 0) is 42.4 Å². The maximum absolute atomic E-state index is 3.46. The molecule has 100 valence electrons. The maximum Gasteiger partial charge on any atom is 0.0340 e. The summed E-state index contributed by atoms with van der Waals surface area (Å²) in [7, 11) is 4.10. The van der Waals surface area contributed by atoms with Crippen molar-refractivity contribution >= 4 is 21.6 Å². The second kappa shape index (κ2) is 6.73. The third kappa shape index (κ3) is 4.37. The molecule has 1 N–H and O–H groups in total. The fourth-order valence-electron chi connectivity index (χ4n) is 2.09. The van der Waals surface area contributed by atoms with Gasteiger partial charge in [0.1, 0.15) is 0 Å². The van der Waals surface area contributed by atoms with Crippen LogP contribution in [0.25, 0.3) is 0 Å². The summed E-state index contributed by atoms with van der Waals surface area (Å²) in [4.78, 5) is 2.32. The van der Waals surface area contributed by atoms with Crippen molar-refractivity contribution in [3.63, 3.8) is 0 Å². The Bertz CT molecular complexity index is 523. The number of rotatable bonds is 5. The van der Waals surface area contributed by atoms with Crippen molar-refractivity contribution in [3.8, 4) is 0 Å². The molecule has 2 aromatic rings. The Labute approximate surface area is 123 Å². The molecule has 0 unspecified atom stereocenters. The fraction of sp³-hybridized carbons (Fsp3) is 0.250. The molecule has 0 heterocycles. The first-order valence-corrected chi connectivity index (χ1v) is 7.16. The van der Waals surface area contributed by atoms with E-state index in [1.54, 1.807) is 0 Å². The zero-order valence-electron chi connectivity index (χ0n) is 11.4. The Kier molecular flexibility index (Phi) is 5.00. The zero-order valence-corrected chi connectivity index (χ0v) is 12.9. The molecule has 0 aliphatic rings. The Morgan fingerprint density at radius 3 is 2.37 bits per heavy atom. The summed E-state index contributed by atoms with van der Waals surface area (Å²) in [5.74, 6) is 0. The minimum atomic E-state index is 0.950. The van der Waals surface area contributed by atoms with Gasteiger partial charge >= 0.3 is 0 Å². The van der Waals surface area contributed by atoms with Gasteiger partial charge in [-0.3, -0.25) is 4.90 Å². The van der Waals surface area contributed by atoms with E-state index in [1.165, 1.54) is 11.1 Å². The molecule has 0 aromatic heterocycles. The summed E-state index contributed by atoms with van der Waals surface area (Å²) in [5, 5.41) is 3.17. The van der Waals surface area contributed by atoms with Gasteiger partial charge in [-0.25, -0.2) is 0 Å². The number of nitrogens with zero attached hydrogens (tertiary/aromatic N) is 1. The number of anilines is 1. The average Bonchev–Trinajstić information content (AvgIpc) is 2.41. The predicted octanol–water partition coefficient (Wildman–Crippen LogP) is 4.12. The lowest BCUT2D eigenvalue weighted by atomic mass is 10.1. The monoisotopic (exact) mass is 318 g/mol. The minimum Gasteiger partial charge on any atom is -0.388 e. The van der Waals surface area contributed by atoms with Crippen LogP contribution in [0, 0.1) is 0 Å². The van der Waals surface area contributed by atoms with Gasteiger partial charge in [0.15, 0.2) is 0 Å². The summed E-state index contributed by atoms with van der Waals surface area (Å²) in [6.45, 7) is 1.91. The van der Waals surface area contributed by atoms with Crippen molar-refractivity contribution in [2.75, 3.05) is 19.4 Å². The van der Waals surface area contributed by atoms with Crippen LogP contribution in [0.4, 0.5) is 5.69 Å². The van der Waals surface area contributed by atoms with E-state index < -0.39 is 0 Å². The summed E-state index contributed by atoms with van der Waals surface area (Å²) in [6.07, 6.45) is 0. The molecule has 19 heavy (non-hydrogen) atoms. The van der Waals surface area contributed by atoms with Crippen LogP contribution in [-0.2, 0) is 13.1 Å². The highest BCUT2D eigenvalue weighted by atomic mass is 79.9. The molecular formula is C16H19BrN2. The smallest absolute Gasteiger partial charge is 0.0340 e. The van der Waals surface area contributed by atoms with Crippen molar-refractivity contribution in [2.45, 2.75) is 13.1 Å². The topological polar surface area (TPSA) is 15.3 Å². The van der Waals surface area contributed by atoms with Gasteiger partial charge in [-0.1, -0.05) is 40.2 Å². The predicted molar refractivity (Wildman–Crippen MR) is 85.3 cm³/mol. The van der Waals surface area contributed by atoms with Gasteiger partial charge < -0.3 is 5.32 Å². The Morgan fingerprint density at radius 1 is 1.00 bits per heavy atom. The second-order valence-corrected chi connectivity index (χ2v) is 5.66. The first kappa shape index (κ1) is 14.1. The average molecular weight is 319 g/mol. The molecule has 0 bridgehead atoms. The standard InChI is InChI=1S/C16H19BrN2/c1-18-16-5-3-4-14(10-16)12-19(2)11-13-6-8-15(17)9-7-13/h3-10,18H,11-12H2,1-2H3. The van der Waals surface area contributed by atoms with Crippen LogP contribution in [0.5, 0.6) is 0 Å². The van der Waals surface area contributed by atoms with Gasteiger partial charge in [0.05, 0.1) is 0 Å². The molecule has 2 rings (SSSR count). The van der Waals surface area contributed by atoms with Crippen LogP contribution in [0.3, 0.4) is 0 Å². The molecule has 0 aliphatic heterocycles. The Morgan fingerprint density at radius 2 is 1.68 bits per heavy atom. The minimum absolute atomic E-state index is 0.950. The van der Waals surface area contributed by atoms with Gasteiger partial charge in [0.25, 0.3) is 0 Å². The fourth-order valence-corrected chi connectivity index (χ4v) is 2.36. The maximum atomic E-state index is 3.46.